The lowest BCUT2D eigenvalue weighted by Crippen LogP contribution is -2.37. The van der Waals surface area contributed by atoms with Crippen molar-refractivity contribution in [1.82, 2.24) is 5.32 Å². The first-order chi connectivity index (χ1) is 13.5. The molecular weight excluding hydrogens is 354 g/mol. The predicted molar refractivity (Wildman–Crippen MR) is 111 cm³/mol. The molecule has 0 saturated heterocycles. The molecule has 5 nitrogen and oxygen atoms in total. The van der Waals surface area contributed by atoms with Gasteiger partial charge < -0.3 is 19.5 Å². The van der Waals surface area contributed by atoms with Gasteiger partial charge in [-0.25, -0.2) is 0 Å². The SMILES string of the molecule is CCOc1ccc(CNC(=O)[C@@H](CC)Oc2cccc(C)c2C)cc1OCC. The standard InChI is InChI=1S/C23H31NO4/c1-6-19(28-20-11-9-10-16(4)17(20)5)23(25)24-15-18-12-13-21(26-7-2)22(14-18)27-8-3/h9-14,19H,6-8,15H2,1-5H3,(H,24,25)/t19-/m1/s1. The zero-order chi connectivity index (χ0) is 20.5. The number of hydrogen-bond acceptors (Lipinski definition) is 4. The third-order valence-electron chi connectivity index (χ3n) is 4.56. The number of carbonyl (C=O) groups excluding carboxylic acids is 1. The average Bonchev–Trinajstić information content (AvgIpc) is 2.69. The van der Waals surface area contributed by atoms with Crippen molar-refractivity contribution in [2.45, 2.75) is 53.7 Å². The fraction of sp³-hybridized carbons (Fsp3) is 0.435. The molecule has 1 atom stereocenters. The minimum atomic E-state index is -0.533. The van der Waals surface area contributed by atoms with Gasteiger partial charge in [-0.3, -0.25) is 4.79 Å². The van der Waals surface area contributed by atoms with Crippen LogP contribution in [0.25, 0.3) is 0 Å². The Kier molecular flexibility index (Phi) is 8.18. The van der Waals surface area contributed by atoms with Crippen LogP contribution in [0.1, 0.15) is 43.9 Å². The second-order valence-electron chi connectivity index (χ2n) is 6.58. The Morgan fingerprint density at radius 3 is 2.36 bits per heavy atom. The summed E-state index contributed by atoms with van der Waals surface area (Å²) < 4.78 is 17.2. The maximum Gasteiger partial charge on any atom is 0.261 e. The maximum atomic E-state index is 12.6. The minimum absolute atomic E-state index is 0.129. The van der Waals surface area contributed by atoms with Gasteiger partial charge in [0.1, 0.15) is 5.75 Å². The van der Waals surface area contributed by atoms with Crippen LogP contribution in [0, 0.1) is 13.8 Å². The number of ether oxygens (including phenoxy) is 3. The summed E-state index contributed by atoms with van der Waals surface area (Å²) >= 11 is 0. The smallest absolute Gasteiger partial charge is 0.261 e. The molecule has 28 heavy (non-hydrogen) atoms. The number of aryl methyl sites for hydroxylation is 1. The van der Waals surface area contributed by atoms with E-state index in [1.165, 1.54) is 0 Å². The van der Waals surface area contributed by atoms with E-state index in [4.69, 9.17) is 14.2 Å². The van der Waals surface area contributed by atoms with E-state index in [1.807, 2.05) is 71.0 Å². The number of benzene rings is 2. The highest BCUT2D eigenvalue weighted by Gasteiger charge is 2.19. The summed E-state index contributed by atoms with van der Waals surface area (Å²) in [7, 11) is 0. The highest BCUT2D eigenvalue weighted by atomic mass is 16.5. The second-order valence-corrected chi connectivity index (χ2v) is 6.58. The summed E-state index contributed by atoms with van der Waals surface area (Å²) in [6.45, 7) is 11.4. The summed E-state index contributed by atoms with van der Waals surface area (Å²) in [4.78, 5) is 12.6. The van der Waals surface area contributed by atoms with E-state index in [0.717, 1.165) is 22.4 Å². The van der Waals surface area contributed by atoms with E-state index in [2.05, 4.69) is 5.32 Å². The van der Waals surface area contributed by atoms with Crippen molar-refractivity contribution in [1.29, 1.82) is 0 Å². The van der Waals surface area contributed by atoms with Crippen molar-refractivity contribution in [3.63, 3.8) is 0 Å². The van der Waals surface area contributed by atoms with Gasteiger partial charge in [0.05, 0.1) is 13.2 Å². The molecule has 1 amide bonds. The molecule has 5 heteroatoms. The molecule has 0 radical (unpaired) electrons. The van der Waals surface area contributed by atoms with E-state index >= 15 is 0 Å². The molecule has 0 spiro atoms. The Morgan fingerprint density at radius 2 is 1.68 bits per heavy atom. The van der Waals surface area contributed by atoms with Crippen LogP contribution in [0.3, 0.4) is 0 Å². The van der Waals surface area contributed by atoms with Crippen molar-refractivity contribution >= 4 is 5.91 Å². The number of carbonyl (C=O) groups is 1. The summed E-state index contributed by atoms with van der Waals surface area (Å²) in [5, 5.41) is 2.96. The van der Waals surface area contributed by atoms with Crippen LogP contribution in [0.5, 0.6) is 17.2 Å². The zero-order valence-electron chi connectivity index (χ0n) is 17.5. The minimum Gasteiger partial charge on any atom is -0.490 e. The van der Waals surface area contributed by atoms with Gasteiger partial charge in [0.15, 0.2) is 17.6 Å². The molecule has 1 N–H and O–H groups in total. The van der Waals surface area contributed by atoms with Crippen LogP contribution in [0.4, 0.5) is 0 Å². The van der Waals surface area contributed by atoms with Crippen molar-refractivity contribution in [3.8, 4) is 17.2 Å². The predicted octanol–water partition coefficient (Wildman–Crippen LogP) is 4.57. The first-order valence-electron chi connectivity index (χ1n) is 9.89. The van der Waals surface area contributed by atoms with Crippen LogP contribution in [-0.2, 0) is 11.3 Å². The van der Waals surface area contributed by atoms with Crippen LogP contribution in [0.15, 0.2) is 36.4 Å². The van der Waals surface area contributed by atoms with Gasteiger partial charge in [0.2, 0.25) is 0 Å². The molecule has 0 unspecified atom stereocenters. The summed E-state index contributed by atoms with van der Waals surface area (Å²) in [5.41, 5.74) is 3.15. The van der Waals surface area contributed by atoms with E-state index in [1.54, 1.807) is 0 Å². The lowest BCUT2D eigenvalue weighted by molar-refractivity contribution is -0.128. The van der Waals surface area contributed by atoms with Crippen LogP contribution in [0.2, 0.25) is 0 Å². The largest absolute Gasteiger partial charge is 0.490 e. The molecule has 0 aliphatic heterocycles. The zero-order valence-corrected chi connectivity index (χ0v) is 17.5. The van der Waals surface area contributed by atoms with Gasteiger partial charge in [-0.2, -0.15) is 0 Å². The Bertz CT molecular complexity index is 788. The first kappa shape index (κ1) is 21.6. The Hall–Kier alpha value is -2.69. The van der Waals surface area contributed by atoms with Crippen LogP contribution >= 0.6 is 0 Å². The lowest BCUT2D eigenvalue weighted by atomic mass is 10.1. The Morgan fingerprint density at radius 1 is 0.964 bits per heavy atom. The van der Waals surface area contributed by atoms with Crippen LogP contribution < -0.4 is 19.5 Å². The third-order valence-corrected chi connectivity index (χ3v) is 4.56. The molecule has 0 bridgehead atoms. The van der Waals surface area contributed by atoms with E-state index in [0.29, 0.717) is 37.7 Å². The van der Waals surface area contributed by atoms with Gasteiger partial charge >= 0.3 is 0 Å². The monoisotopic (exact) mass is 385 g/mol. The van der Waals surface area contributed by atoms with Crippen molar-refractivity contribution in [2.24, 2.45) is 0 Å². The van der Waals surface area contributed by atoms with Gasteiger partial charge in [0.25, 0.3) is 5.91 Å². The molecule has 2 rings (SSSR count). The maximum absolute atomic E-state index is 12.6. The fourth-order valence-electron chi connectivity index (χ4n) is 2.84. The topological polar surface area (TPSA) is 56.8 Å². The van der Waals surface area contributed by atoms with Crippen molar-refractivity contribution < 1.29 is 19.0 Å². The molecule has 0 fully saturated rings. The Balaban J connectivity index is 2.03. The number of hydrogen-bond donors (Lipinski definition) is 1. The highest BCUT2D eigenvalue weighted by Crippen LogP contribution is 2.28. The second kappa shape index (κ2) is 10.6. The highest BCUT2D eigenvalue weighted by molar-refractivity contribution is 5.81. The average molecular weight is 386 g/mol. The molecule has 2 aromatic rings. The molecule has 0 saturated carbocycles. The van der Waals surface area contributed by atoms with Gasteiger partial charge in [-0.15, -0.1) is 0 Å². The number of amides is 1. The summed E-state index contributed by atoms with van der Waals surface area (Å²) in [6, 6.07) is 11.6. The van der Waals surface area contributed by atoms with Crippen molar-refractivity contribution in [2.75, 3.05) is 13.2 Å². The Labute approximate surface area is 168 Å². The molecule has 2 aromatic carbocycles. The first-order valence-corrected chi connectivity index (χ1v) is 9.89. The summed E-state index contributed by atoms with van der Waals surface area (Å²) in [5.74, 6) is 2.02. The molecule has 0 aliphatic rings. The molecule has 0 aromatic heterocycles. The van der Waals surface area contributed by atoms with Crippen LogP contribution in [-0.4, -0.2) is 25.2 Å². The van der Waals surface area contributed by atoms with E-state index in [9.17, 15) is 4.79 Å². The number of nitrogens with one attached hydrogen (secondary N) is 1. The molecule has 0 heterocycles. The normalized spacial score (nSPS) is 11.6. The fourth-order valence-corrected chi connectivity index (χ4v) is 2.84. The van der Waals surface area contributed by atoms with Crippen molar-refractivity contribution in [3.05, 3.63) is 53.1 Å². The quantitative estimate of drug-likeness (QED) is 0.651. The van der Waals surface area contributed by atoms with Gasteiger partial charge in [0, 0.05) is 6.54 Å². The van der Waals surface area contributed by atoms with Gasteiger partial charge in [-0.05, 0) is 69.0 Å². The lowest BCUT2D eigenvalue weighted by Gasteiger charge is -2.19. The molecular formula is C23H31NO4. The molecule has 152 valence electrons. The van der Waals surface area contributed by atoms with Gasteiger partial charge in [-0.1, -0.05) is 25.1 Å². The van der Waals surface area contributed by atoms with E-state index in [-0.39, 0.29) is 5.91 Å². The third kappa shape index (κ3) is 5.65. The van der Waals surface area contributed by atoms with E-state index < -0.39 is 6.10 Å². The number of rotatable bonds is 10. The molecule has 0 aliphatic carbocycles. The summed E-state index contributed by atoms with van der Waals surface area (Å²) in [6.07, 6.45) is 0.0572.